The smallest absolute Gasteiger partial charge is 0.172 e. The van der Waals surface area contributed by atoms with Crippen molar-refractivity contribution in [3.05, 3.63) is 28.8 Å². The molecule has 19 heavy (non-hydrogen) atoms. The fourth-order valence-corrected chi connectivity index (χ4v) is 2.89. The Bertz CT molecular complexity index is 488. The Morgan fingerprint density at radius 3 is 2.47 bits per heavy atom. The van der Waals surface area contributed by atoms with E-state index in [1.807, 2.05) is 19.9 Å². The number of ether oxygens (including phenoxy) is 1. The maximum Gasteiger partial charge on any atom is 0.172 e. The molecular weight excluding hydrogens is 238 g/mol. The summed E-state index contributed by atoms with van der Waals surface area (Å²) in [5.41, 5.74) is 2.64. The Morgan fingerprint density at radius 2 is 1.89 bits per heavy atom. The fraction of sp³-hybridized carbons (Fsp3) is 0.562. The van der Waals surface area contributed by atoms with Gasteiger partial charge in [0.1, 0.15) is 5.75 Å². The lowest BCUT2D eigenvalue weighted by Crippen LogP contribution is -2.40. The molecular formula is C16H23NO2. The Balaban J connectivity index is 2.43. The predicted molar refractivity (Wildman–Crippen MR) is 77.0 cm³/mol. The molecule has 0 amide bonds. The van der Waals surface area contributed by atoms with Crippen LogP contribution in [0.15, 0.2) is 12.1 Å². The van der Waals surface area contributed by atoms with Gasteiger partial charge < -0.3 is 10.1 Å². The molecule has 0 spiro atoms. The van der Waals surface area contributed by atoms with Crippen LogP contribution in [-0.2, 0) is 0 Å². The van der Waals surface area contributed by atoms with Crippen molar-refractivity contribution in [2.45, 2.75) is 33.6 Å². The first-order chi connectivity index (χ1) is 8.98. The predicted octanol–water partition coefficient (Wildman–Crippen LogP) is 2.88. The Hall–Kier alpha value is -1.35. The average Bonchev–Trinajstić information content (AvgIpc) is 2.38. The number of rotatable bonds is 3. The Morgan fingerprint density at radius 1 is 1.26 bits per heavy atom. The maximum atomic E-state index is 12.9. The highest BCUT2D eigenvalue weighted by Crippen LogP contribution is 2.36. The van der Waals surface area contributed by atoms with Crippen molar-refractivity contribution in [1.82, 2.24) is 5.32 Å². The highest BCUT2D eigenvalue weighted by atomic mass is 16.5. The van der Waals surface area contributed by atoms with Gasteiger partial charge in [-0.2, -0.15) is 0 Å². The highest BCUT2D eigenvalue weighted by molar-refractivity contribution is 6.04. The molecule has 0 atom stereocenters. The summed E-state index contributed by atoms with van der Waals surface area (Å²) in [5, 5.41) is 3.32. The van der Waals surface area contributed by atoms with Crippen LogP contribution >= 0.6 is 0 Å². The maximum absolute atomic E-state index is 12.9. The van der Waals surface area contributed by atoms with Gasteiger partial charge in [0.2, 0.25) is 0 Å². The van der Waals surface area contributed by atoms with Crippen LogP contribution in [0.4, 0.5) is 0 Å². The molecule has 3 nitrogen and oxygen atoms in total. The van der Waals surface area contributed by atoms with Crippen LogP contribution < -0.4 is 10.1 Å². The van der Waals surface area contributed by atoms with Gasteiger partial charge in [-0.1, -0.05) is 13.0 Å². The minimum Gasteiger partial charge on any atom is -0.496 e. The van der Waals surface area contributed by atoms with Crippen LogP contribution in [0.5, 0.6) is 5.75 Å². The molecule has 0 saturated carbocycles. The van der Waals surface area contributed by atoms with E-state index in [1.165, 1.54) is 0 Å². The van der Waals surface area contributed by atoms with Crippen molar-refractivity contribution in [3.63, 3.8) is 0 Å². The van der Waals surface area contributed by atoms with Gasteiger partial charge in [-0.3, -0.25) is 4.79 Å². The number of carbonyl (C=O) groups excluding carboxylic acids is 1. The van der Waals surface area contributed by atoms with Crippen molar-refractivity contribution >= 4 is 5.78 Å². The lowest BCUT2D eigenvalue weighted by molar-refractivity contribution is 0.0758. The molecule has 2 rings (SSSR count). The molecule has 1 heterocycles. The zero-order valence-electron chi connectivity index (χ0n) is 12.3. The fourth-order valence-electron chi connectivity index (χ4n) is 2.89. The van der Waals surface area contributed by atoms with Gasteiger partial charge in [0.05, 0.1) is 12.7 Å². The topological polar surface area (TPSA) is 38.3 Å². The molecule has 1 saturated heterocycles. The van der Waals surface area contributed by atoms with Gasteiger partial charge in [0.25, 0.3) is 0 Å². The lowest BCUT2D eigenvalue weighted by atomic mass is 9.74. The number of hydrogen-bond donors (Lipinski definition) is 1. The van der Waals surface area contributed by atoms with Crippen molar-refractivity contribution in [2.24, 2.45) is 5.41 Å². The summed E-state index contributed by atoms with van der Waals surface area (Å²) in [7, 11) is 1.63. The molecule has 3 heteroatoms. The Labute approximate surface area is 115 Å². The van der Waals surface area contributed by atoms with Crippen molar-refractivity contribution in [2.75, 3.05) is 20.2 Å². The largest absolute Gasteiger partial charge is 0.496 e. The van der Waals surface area contributed by atoms with E-state index in [-0.39, 0.29) is 11.2 Å². The molecule has 0 unspecified atom stereocenters. The van der Waals surface area contributed by atoms with Gasteiger partial charge in [0, 0.05) is 5.41 Å². The second-order valence-corrected chi connectivity index (χ2v) is 5.80. The number of aryl methyl sites for hydroxylation is 2. The van der Waals surface area contributed by atoms with E-state index >= 15 is 0 Å². The molecule has 1 fully saturated rings. The zero-order chi connectivity index (χ0) is 14.0. The first-order valence-corrected chi connectivity index (χ1v) is 6.89. The van der Waals surface area contributed by atoms with Gasteiger partial charge in [-0.15, -0.1) is 0 Å². The molecule has 104 valence electrons. The normalized spacial score (nSPS) is 18.1. The van der Waals surface area contributed by atoms with Gasteiger partial charge in [0.15, 0.2) is 5.78 Å². The van der Waals surface area contributed by atoms with Crippen LogP contribution in [0.25, 0.3) is 0 Å². The second kappa shape index (κ2) is 5.33. The molecule has 1 aliphatic rings. The summed E-state index contributed by atoms with van der Waals surface area (Å²) in [6.07, 6.45) is 1.78. The number of carbonyl (C=O) groups is 1. The summed E-state index contributed by atoms with van der Waals surface area (Å²) >= 11 is 0. The van der Waals surface area contributed by atoms with E-state index in [2.05, 4.69) is 18.3 Å². The second-order valence-electron chi connectivity index (χ2n) is 5.80. The standard InChI is InChI=1S/C16H23NO2/c1-11-9-12(2)14(13(10-11)19-4)15(18)16(3)5-7-17-8-6-16/h9-10,17H,5-8H2,1-4H3. The monoisotopic (exact) mass is 261 g/mol. The van der Waals surface area contributed by atoms with Crippen LogP contribution in [0, 0.1) is 19.3 Å². The summed E-state index contributed by atoms with van der Waals surface area (Å²) in [5.74, 6) is 0.936. The third-order valence-corrected chi connectivity index (χ3v) is 4.15. The van der Waals surface area contributed by atoms with Crippen LogP contribution in [0.3, 0.4) is 0 Å². The minimum absolute atomic E-state index is 0.225. The first kappa shape index (κ1) is 14.1. The SMILES string of the molecule is COc1cc(C)cc(C)c1C(=O)C1(C)CCNCC1. The van der Waals surface area contributed by atoms with E-state index in [9.17, 15) is 4.79 Å². The number of benzene rings is 1. The van der Waals surface area contributed by atoms with E-state index < -0.39 is 0 Å². The quantitative estimate of drug-likeness (QED) is 0.850. The molecule has 1 aromatic carbocycles. The lowest BCUT2D eigenvalue weighted by Gasteiger charge is -2.33. The first-order valence-electron chi connectivity index (χ1n) is 6.89. The van der Waals surface area contributed by atoms with Gasteiger partial charge in [-0.05, 0) is 57.0 Å². The molecule has 1 N–H and O–H groups in total. The zero-order valence-corrected chi connectivity index (χ0v) is 12.3. The highest BCUT2D eigenvalue weighted by Gasteiger charge is 2.37. The van der Waals surface area contributed by atoms with Crippen LogP contribution in [-0.4, -0.2) is 26.0 Å². The molecule has 0 radical (unpaired) electrons. The number of Topliss-reactive ketones (excluding diaryl/α,β-unsaturated/α-hetero) is 1. The molecule has 1 aromatic rings. The van der Waals surface area contributed by atoms with Crippen LogP contribution in [0.2, 0.25) is 0 Å². The number of methoxy groups -OCH3 is 1. The van der Waals surface area contributed by atoms with Gasteiger partial charge >= 0.3 is 0 Å². The number of ketones is 1. The van der Waals surface area contributed by atoms with Gasteiger partial charge in [-0.25, -0.2) is 0 Å². The summed E-state index contributed by atoms with van der Waals surface area (Å²) in [4.78, 5) is 12.9. The minimum atomic E-state index is -0.265. The Kier molecular flexibility index (Phi) is 3.95. The molecule has 0 bridgehead atoms. The van der Waals surface area contributed by atoms with Crippen molar-refractivity contribution in [3.8, 4) is 5.75 Å². The van der Waals surface area contributed by atoms with E-state index in [1.54, 1.807) is 7.11 Å². The molecule has 0 aromatic heterocycles. The van der Waals surface area contributed by atoms with E-state index in [0.29, 0.717) is 5.75 Å². The van der Waals surface area contributed by atoms with Crippen LogP contribution in [0.1, 0.15) is 41.3 Å². The van der Waals surface area contributed by atoms with Crippen molar-refractivity contribution in [1.29, 1.82) is 0 Å². The summed E-state index contributed by atoms with van der Waals surface area (Å²) in [6.45, 7) is 7.92. The summed E-state index contributed by atoms with van der Waals surface area (Å²) in [6, 6.07) is 4.00. The van der Waals surface area contributed by atoms with E-state index in [0.717, 1.165) is 42.6 Å². The third-order valence-electron chi connectivity index (χ3n) is 4.15. The number of nitrogens with one attached hydrogen (secondary N) is 1. The molecule has 1 aliphatic heterocycles. The van der Waals surface area contributed by atoms with Crippen molar-refractivity contribution < 1.29 is 9.53 Å². The summed E-state index contributed by atoms with van der Waals surface area (Å²) < 4.78 is 5.43. The van der Waals surface area contributed by atoms with E-state index in [4.69, 9.17) is 4.74 Å². The third kappa shape index (κ3) is 2.66. The average molecular weight is 261 g/mol. The molecule has 0 aliphatic carbocycles. The number of hydrogen-bond acceptors (Lipinski definition) is 3. The number of piperidine rings is 1.